The number of amides is 1. The van der Waals surface area contributed by atoms with E-state index in [1.165, 1.54) is 11.8 Å². The Labute approximate surface area is 142 Å². The molecule has 7 nitrogen and oxygen atoms in total. The molecule has 0 aliphatic carbocycles. The standard InChI is InChI=1S/C14H18N4O3S2/c1-9-16-10(7-22-9)5-13-17-18-14(21-13)23-8-12(19)15-6-11-3-2-4-20-11/h7,11H,2-6,8H2,1H3,(H,15,19). The quantitative estimate of drug-likeness (QED) is 0.758. The normalized spacial score (nSPS) is 17.5. The molecule has 1 fully saturated rings. The van der Waals surface area contributed by atoms with Gasteiger partial charge >= 0.3 is 0 Å². The van der Waals surface area contributed by atoms with E-state index < -0.39 is 0 Å². The van der Waals surface area contributed by atoms with Crippen LogP contribution in [0.25, 0.3) is 0 Å². The Balaban J connectivity index is 1.40. The zero-order valence-corrected chi connectivity index (χ0v) is 14.4. The Bertz CT molecular complexity index is 652. The van der Waals surface area contributed by atoms with Gasteiger partial charge in [0.25, 0.3) is 5.22 Å². The van der Waals surface area contributed by atoms with Gasteiger partial charge < -0.3 is 14.5 Å². The number of hydrogen-bond acceptors (Lipinski definition) is 8. The molecule has 1 aliphatic heterocycles. The second-order valence-corrected chi connectivity index (χ2v) is 7.21. The zero-order valence-electron chi connectivity index (χ0n) is 12.8. The summed E-state index contributed by atoms with van der Waals surface area (Å²) in [7, 11) is 0. The summed E-state index contributed by atoms with van der Waals surface area (Å²) in [5.74, 6) is 0.711. The fourth-order valence-corrected chi connectivity index (χ4v) is 3.45. The minimum atomic E-state index is -0.0552. The smallest absolute Gasteiger partial charge is 0.277 e. The molecule has 1 N–H and O–H groups in total. The molecule has 3 rings (SSSR count). The van der Waals surface area contributed by atoms with Crippen LogP contribution in [0.5, 0.6) is 0 Å². The molecule has 1 saturated heterocycles. The predicted molar refractivity (Wildman–Crippen MR) is 86.7 cm³/mol. The number of carbonyl (C=O) groups excluding carboxylic acids is 1. The van der Waals surface area contributed by atoms with Crippen LogP contribution < -0.4 is 5.32 Å². The minimum absolute atomic E-state index is 0.0552. The van der Waals surface area contributed by atoms with E-state index in [1.54, 1.807) is 11.3 Å². The predicted octanol–water partition coefficient (Wildman–Crippen LogP) is 1.81. The van der Waals surface area contributed by atoms with Gasteiger partial charge in [0.15, 0.2) is 0 Å². The Morgan fingerprint density at radius 3 is 3.17 bits per heavy atom. The average Bonchev–Trinajstić information content (AvgIpc) is 3.26. The topological polar surface area (TPSA) is 90.1 Å². The number of nitrogens with one attached hydrogen (secondary N) is 1. The number of rotatable bonds is 7. The molecule has 0 radical (unpaired) electrons. The molecule has 1 aliphatic rings. The van der Waals surface area contributed by atoms with Gasteiger partial charge in [0.2, 0.25) is 11.8 Å². The maximum Gasteiger partial charge on any atom is 0.277 e. The number of thioether (sulfide) groups is 1. The van der Waals surface area contributed by atoms with Gasteiger partial charge in [0, 0.05) is 18.5 Å². The van der Waals surface area contributed by atoms with Crippen LogP contribution in [0.3, 0.4) is 0 Å². The lowest BCUT2D eigenvalue weighted by atomic mass is 10.2. The van der Waals surface area contributed by atoms with Crippen LogP contribution in [-0.2, 0) is 16.0 Å². The number of ether oxygens (including phenoxy) is 1. The minimum Gasteiger partial charge on any atom is -0.416 e. The van der Waals surface area contributed by atoms with Crippen LogP contribution in [0.1, 0.15) is 29.4 Å². The lowest BCUT2D eigenvalue weighted by Gasteiger charge is -2.09. The van der Waals surface area contributed by atoms with E-state index in [0.29, 0.717) is 24.1 Å². The number of nitrogens with zero attached hydrogens (tertiary/aromatic N) is 3. The van der Waals surface area contributed by atoms with Crippen LogP contribution in [0.2, 0.25) is 0 Å². The molecule has 124 valence electrons. The molecular formula is C14H18N4O3S2. The van der Waals surface area contributed by atoms with E-state index in [0.717, 1.165) is 30.2 Å². The molecule has 23 heavy (non-hydrogen) atoms. The van der Waals surface area contributed by atoms with Gasteiger partial charge in [-0.3, -0.25) is 4.79 Å². The summed E-state index contributed by atoms with van der Waals surface area (Å²) in [4.78, 5) is 16.1. The van der Waals surface area contributed by atoms with Crippen molar-refractivity contribution in [3.63, 3.8) is 0 Å². The van der Waals surface area contributed by atoms with Crippen molar-refractivity contribution < 1.29 is 13.9 Å². The van der Waals surface area contributed by atoms with Crippen LogP contribution in [0.15, 0.2) is 15.0 Å². The zero-order chi connectivity index (χ0) is 16.1. The van der Waals surface area contributed by atoms with E-state index in [9.17, 15) is 4.79 Å². The van der Waals surface area contributed by atoms with Crippen molar-refractivity contribution in [3.8, 4) is 0 Å². The number of thiazole rings is 1. The van der Waals surface area contributed by atoms with E-state index in [4.69, 9.17) is 9.15 Å². The SMILES string of the molecule is Cc1nc(Cc2nnc(SCC(=O)NCC3CCCO3)o2)cs1. The summed E-state index contributed by atoms with van der Waals surface area (Å²) >= 11 is 2.83. The number of hydrogen-bond donors (Lipinski definition) is 1. The molecule has 1 unspecified atom stereocenters. The van der Waals surface area contributed by atoms with Crippen molar-refractivity contribution >= 4 is 29.0 Å². The highest BCUT2D eigenvalue weighted by Crippen LogP contribution is 2.18. The van der Waals surface area contributed by atoms with Gasteiger partial charge in [-0.1, -0.05) is 11.8 Å². The molecule has 1 amide bonds. The third-order valence-electron chi connectivity index (χ3n) is 3.32. The first kappa shape index (κ1) is 16.4. The maximum atomic E-state index is 11.8. The average molecular weight is 354 g/mol. The Kier molecular flexibility index (Phi) is 5.63. The van der Waals surface area contributed by atoms with Gasteiger partial charge in [0.05, 0.1) is 29.0 Å². The third-order valence-corrected chi connectivity index (χ3v) is 4.97. The molecular weight excluding hydrogens is 336 g/mol. The van der Waals surface area contributed by atoms with E-state index in [-0.39, 0.29) is 17.8 Å². The largest absolute Gasteiger partial charge is 0.416 e. The van der Waals surface area contributed by atoms with Gasteiger partial charge in [-0.25, -0.2) is 4.98 Å². The lowest BCUT2D eigenvalue weighted by Crippen LogP contribution is -2.32. The molecule has 0 bridgehead atoms. The molecule has 3 heterocycles. The van der Waals surface area contributed by atoms with Crippen molar-refractivity contribution in [1.29, 1.82) is 0 Å². The van der Waals surface area contributed by atoms with Crippen molar-refractivity contribution in [3.05, 3.63) is 22.0 Å². The summed E-state index contributed by atoms with van der Waals surface area (Å²) < 4.78 is 11.0. The lowest BCUT2D eigenvalue weighted by molar-refractivity contribution is -0.119. The van der Waals surface area contributed by atoms with E-state index in [2.05, 4.69) is 20.5 Å². The van der Waals surface area contributed by atoms with Crippen LogP contribution >= 0.6 is 23.1 Å². The summed E-state index contributed by atoms with van der Waals surface area (Å²) in [5, 5.41) is 14.2. The summed E-state index contributed by atoms with van der Waals surface area (Å²) in [6.45, 7) is 3.31. The van der Waals surface area contributed by atoms with Gasteiger partial charge in [-0.15, -0.1) is 21.5 Å². The van der Waals surface area contributed by atoms with Crippen molar-refractivity contribution in [1.82, 2.24) is 20.5 Å². The second-order valence-electron chi connectivity index (χ2n) is 5.22. The monoisotopic (exact) mass is 354 g/mol. The van der Waals surface area contributed by atoms with Crippen molar-refractivity contribution in [2.45, 2.75) is 37.5 Å². The van der Waals surface area contributed by atoms with Crippen molar-refractivity contribution in [2.75, 3.05) is 18.9 Å². The first-order valence-electron chi connectivity index (χ1n) is 7.43. The summed E-state index contributed by atoms with van der Waals surface area (Å²) in [6.07, 6.45) is 2.75. The molecule has 0 spiro atoms. The van der Waals surface area contributed by atoms with Crippen LogP contribution in [0, 0.1) is 6.92 Å². The first-order valence-corrected chi connectivity index (χ1v) is 9.30. The third kappa shape index (κ3) is 5.02. The Hall–Kier alpha value is -1.45. The van der Waals surface area contributed by atoms with Gasteiger partial charge in [-0.05, 0) is 19.8 Å². The molecule has 0 aromatic carbocycles. The Morgan fingerprint density at radius 1 is 1.52 bits per heavy atom. The highest BCUT2D eigenvalue weighted by Gasteiger charge is 2.17. The number of aromatic nitrogens is 3. The fraction of sp³-hybridized carbons (Fsp3) is 0.571. The number of aryl methyl sites for hydroxylation is 1. The van der Waals surface area contributed by atoms with Gasteiger partial charge in [-0.2, -0.15) is 0 Å². The van der Waals surface area contributed by atoms with E-state index in [1.807, 2.05) is 12.3 Å². The molecule has 1 atom stereocenters. The first-order chi connectivity index (χ1) is 11.2. The van der Waals surface area contributed by atoms with Gasteiger partial charge in [0.1, 0.15) is 0 Å². The van der Waals surface area contributed by atoms with Crippen LogP contribution in [0.4, 0.5) is 0 Å². The van der Waals surface area contributed by atoms with Crippen LogP contribution in [-0.4, -0.2) is 46.1 Å². The molecule has 0 saturated carbocycles. The summed E-state index contributed by atoms with van der Waals surface area (Å²) in [5.41, 5.74) is 0.919. The number of carbonyl (C=O) groups is 1. The van der Waals surface area contributed by atoms with E-state index >= 15 is 0 Å². The fourth-order valence-electron chi connectivity index (χ4n) is 2.22. The second kappa shape index (κ2) is 7.89. The Morgan fingerprint density at radius 2 is 2.43 bits per heavy atom. The van der Waals surface area contributed by atoms with Crippen molar-refractivity contribution in [2.24, 2.45) is 0 Å². The maximum absolute atomic E-state index is 11.8. The molecule has 9 heteroatoms. The molecule has 2 aromatic heterocycles. The highest BCUT2D eigenvalue weighted by atomic mass is 32.2. The summed E-state index contributed by atoms with van der Waals surface area (Å²) in [6, 6.07) is 0. The highest BCUT2D eigenvalue weighted by molar-refractivity contribution is 7.99. The molecule has 2 aromatic rings.